The Hall–Kier alpha value is -2.87. The number of carbonyl (C=O) groups excluding carboxylic acids is 2. The maximum absolute atomic E-state index is 12.5. The molecule has 1 heterocycles. The minimum absolute atomic E-state index is 0.164. The van der Waals surface area contributed by atoms with E-state index in [1.54, 1.807) is 43.3 Å². The van der Waals surface area contributed by atoms with Crippen molar-refractivity contribution in [3.05, 3.63) is 54.1 Å². The van der Waals surface area contributed by atoms with E-state index in [2.05, 4.69) is 5.32 Å². The molecule has 0 bridgehead atoms. The van der Waals surface area contributed by atoms with Gasteiger partial charge in [-0.3, -0.25) is 9.59 Å². The number of methoxy groups -OCH3 is 1. The number of ether oxygens (including phenoxy) is 1. The molecule has 3 rings (SSSR count). The van der Waals surface area contributed by atoms with Crippen LogP contribution in [-0.2, 0) is 14.8 Å². The lowest BCUT2D eigenvalue weighted by Crippen LogP contribution is -2.30. The first kappa shape index (κ1) is 17.9. The molecule has 1 saturated heterocycles. The van der Waals surface area contributed by atoms with Gasteiger partial charge in [-0.05, 0) is 30.3 Å². The summed E-state index contributed by atoms with van der Waals surface area (Å²) in [5, 5.41) is 2.72. The van der Waals surface area contributed by atoms with E-state index < -0.39 is 27.8 Å². The molecular weight excluding hydrogens is 356 g/mol. The van der Waals surface area contributed by atoms with Crippen molar-refractivity contribution in [2.45, 2.75) is 6.92 Å². The zero-order valence-electron chi connectivity index (χ0n) is 14.3. The van der Waals surface area contributed by atoms with Gasteiger partial charge in [-0.1, -0.05) is 19.1 Å². The molecule has 1 aliphatic rings. The number of amides is 2. The van der Waals surface area contributed by atoms with Crippen molar-refractivity contribution in [1.29, 1.82) is 0 Å². The summed E-state index contributed by atoms with van der Waals surface area (Å²) in [6, 6.07) is 12.8. The number of carbonyl (C=O) groups is 2. The Morgan fingerprint density at radius 2 is 1.92 bits per heavy atom. The Kier molecular flexibility index (Phi) is 4.69. The van der Waals surface area contributed by atoms with Gasteiger partial charge in [0.2, 0.25) is 15.9 Å². The fourth-order valence-corrected chi connectivity index (χ4v) is 4.58. The first-order valence-corrected chi connectivity index (χ1v) is 9.55. The largest absolute Gasteiger partial charge is 0.497 e. The summed E-state index contributed by atoms with van der Waals surface area (Å²) in [7, 11) is -2.19. The number of sulfonamides is 1. The van der Waals surface area contributed by atoms with Gasteiger partial charge in [0, 0.05) is 17.3 Å². The van der Waals surface area contributed by atoms with Crippen LogP contribution in [0.4, 0.5) is 11.4 Å². The number of rotatable bonds is 4. The monoisotopic (exact) mass is 374 g/mol. The average Bonchev–Trinajstić information content (AvgIpc) is 2.82. The Balaban J connectivity index is 1.87. The molecule has 0 aliphatic carbocycles. The number of hydrogen-bond donors (Lipinski definition) is 1. The summed E-state index contributed by atoms with van der Waals surface area (Å²) >= 11 is 0. The van der Waals surface area contributed by atoms with Gasteiger partial charge in [0.25, 0.3) is 5.91 Å². The highest BCUT2D eigenvalue weighted by molar-refractivity contribution is 7.94. The molecule has 0 radical (unpaired) electrons. The second-order valence-corrected chi connectivity index (χ2v) is 7.88. The normalized spacial score (nSPS) is 18.6. The molecule has 0 spiro atoms. The summed E-state index contributed by atoms with van der Waals surface area (Å²) in [5.74, 6) is -1.15. The molecule has 1 N–H and O–H groups in total. The van der Waals surface area contributed by atoms with Crippen molar-refractivity contribution in [2.24, 2.45) is 5.92 Å². The van der Waals surface area contributed by atoms with E-state index in [9.17, 15) is 18.0 Å². The molecule has 2 aromatic carbocycles. The number of nitrogens with zero attached hydrogens (tertiary/aromatic N) is 1. The van der Waals surface area contributed by atoms with Crippen molar-refractivity contribution >= 4 is 33.2 Å². The number of hydrogen-bond acceptors (Lipinski definition) is 5. The van der Waals surface area contributed by atoms with Crippen molar-refractivity contribution in [3.63, 3.8) is 0 Å². The number of benzene rings is 2. The van der Waals surface area contributed by atoms with Gasteiger partial charge in [0.05, 0.1) is 24.5 Å². The zero-order valence-corrected chi connectivity index (χ0v) is 15.1. The third-order valence-electron chi connectivity index (χ3n) is 4.03. The molecule has 1 aliphatic heterocycles. The molecule has 1 unspecified atom stereocenters. The van der Waals surface area contributed by atoms with Gasteiger partial charge in [-0.15, -0.1) is 0 Å². The predicted molar refractivity (Wildman–Crippen MR) is 97.8 cm³/mol. The molecule has 0 aromatic heterocycles. The van der Waals surface area contributed by atoms with Gasteiger partial charge >= 0.3 is 0 Å². The molecule has 1 atom stereocenters. The highest BCUT2D eigenvalue weighted by Gasteiger charge is 2.42. The zero-order chi connectivity index (χ0) is 18.9. The van der Waals surface area contributed by atoms with Crippen LogP contribution in [0.3, 0.4) is 0 Å². The van der Waals surface area contributed by atoms with Crippen molar-refractivity contribution in [2.75, 3.05) is 22.5 Å². The first-order chi connectivity index (χ1) is 12.3. The third kappa shape index (κ3) is 3.41. The van der Waals surface area contributed by atoms with Crippen LogP contribution in [0.1, 0.15) is 17.3 Å². The lowest BCUT2D eigenvalue weighted by Gasteiger charge is -2.16. The van der Waals surface area contributed by atoms with Crippen molar-refractivity contribution < 1.29 is 22.7 Å². The van der Waals surface area contributed by atoms with Crippen LogP contribution in [0, 0.1) is 5.92 Å². The molecule has 136 valence electrons. The highest BCUT2D eigenvalue weighted by atomic mass is 32.2. The van der Waals surface area contributed by atoms with Crippen LogP contribution in [-0.4, -0.2) is 33.1 Å². The lowest BCUT2D eigenvalue weighted by atomic mass is 10.1. The fourth-order valence-electron chi connectivity index (χ4n) is 2.76. The van der Waals surface area contributed by atoms with E-state index >= 15 is 0 Å². The third-order valence-corrected chi connectivity index (χ3v) is 5.90. The maximum Gasteiger partial charge on any atom is 0.255 e. The van der Waals surface area contributed by atoms with E-state index in [4.69, 9.17) is 4.74 Å². The van der Waals surface area contributed by atoms with Crippen LogP contribution in [0.5, 0.6) is 5.75 Å². The Bertz CT molecular complexity index is 971. The van der Waals surface area contributed by atoms with Gasteiger partial charge in [0.1, 0.15) is 5.75 Å². The first-order valence-electron chi connectivity index (χ1n) is 7.94. The summed E-state index contributed by atoms with van der Waals surface area (Å²) < 4.78 is 30.3. The highest BCUT2D eigenvalue weighted by Crippen LogP contribution is 2.29. The van der Waals surface area contributed by atoms with Gasteiger partial charge in [0.15, 0.2) is 0 Å². The average molecular weight is 374 g/mol. The van der Waals surface area contributed by atoms with E-state index in [1.807, 2.05) is 0 Å². The number of nitrogens with one attached hydrogen (secondary N) is 1. The van der Waals surface area contributed by atoms with Crippen LogP contribution in [0.2, 0.25) is 0 Å². The van der Waals surface area contributed by atoms with Crippen LogP contribution in [0.15, 0.2) is 48.5 Å². The van der Waals surface area contributed by atoms with E-state index in [-0.39, 0.29) is 17.0 Å². The Morgan fingerprint density at radius 1 is 1.19 bits per heavy atom. The number of anilines is 2. The predicted octanol–water partition coefficient (Wildman–Crippen LogP) is 2.26. The minimum Gasteiger partial charge on any atom is -0.497 e. The van der Waals surface area contributed by atoms with Crippen LogP contribution < -0.4 is 14.4 Å². The molecule has 2 amide bonds. The van der Waals surface area contributed by atoms with Crippen molar-refractivity contribution in [1.82, 2.24) is 0 Å². The molecule has 7 nitrogen and oxygen atoms in total. The molecular formula is C18H18N2O5S. The molecule has 26 heavy (non-hydrogen) atoms. The second kappa shape index (κ2) is 6.80. The van der Waals surface area contributed by atoms with E-state index in [0.717, 1.165) is 4.31 Å². The molecule has 1 fully saturated rings. The van der Waals surface area contributed by atoms with E-state index in [1.165, 1.54) is 19.2 Å². The molecule has 0 saturated carbocycles. The summed E-state index contributed by atoms with van der Waals surface area (Å²) in [6.45, 7) is 1.57. The summed E-state index contributed by atoms with van der Waals surface area (Å²) in [5.41, 5.74) is 0.948. The minimum atomic E-state index is -3.71. The summed E-state index contributed by atoms with van der Waals surface area (Å²) in [6.07, 6.45) is 0. The van der Waals surface area contributed by atoms with Gasteiger partial charge < -0.3 is 10.1 Å². The molecule has 8 heteroatoms. The summed E-state index contributed by atoms with van der Waals surface area (Å²) in [4.78, 5) is 24.7. The fraction of sp³-hybridized carbons (Fsp3) is 0.222. The topological polar surface area (TPSA) is 92.8 Å². The quantitative estimate of drug-likeness (QED) is 0.886. The van der Waals surface area contributed by atoms with Gasteiger partial charge in [-0.25, -0.2) is 12.7 Å². The van der Waals surface area contributed by atoms with Crippen LogP contribution in [0.25, 0.3) is 0 Å². The standard InChI is InChI=1S/C18H18N2O5S/c1-12-11-26(23,24)20(18(12)22)15-7-3-5-13(9-15)17(21)19-14-6-4-8-16(10-14)25-2/h3-10,12H,11H2,1-2H3,(H,19,21). The smallest absolute Gasteiger partial charge is 0.255 e. The molecule has 2 aromatic rings. The van der Waals surface area contributed by atoms with Crippen LogP contribution >= 0.6 is 0 Å². The van der Waals surface area contributed by atoms with Gasteiger partial charge in [-0.2, -0.15) is 0 Å². The maximum atomic E-state index is 12.5. The lowest BCUT2D eigenvalue weighted by molar-refractivity contribution is -0.119. The Morgan fingerprint density at radius 3 is 2.58 bits per heavy atom. The second-order valence-electron chi connectivity index (χ2n) is 6.02. The Labute approximate surface area is 151 Å². The SMILES string of the molecule is COc1cccc(NC(=O)c2cccc(N3C(=O)C(C)CS3(=O)=O)c2)c1. The van der Waals surface area contributed by atoms with E-state index in [0.29, 0.717) is 11.4 Å². The van der Waals surface area contributed by atoms with Crippen molar-refractivity contribution in [3.8, 4) is 5.75 Å².